The van der Waals surface area contributed by atoms with Crippen LogP contribution in [0.3, 0.4) is 0 Å². The van der Waals surface area contributed by atoms with E-state index in [1.54, 1.807) is 56.8 Å². The van der Waals surface area contributed by atoms with Gasteiger partial charge in [-0.25, -0.2) is 19.8 Å². The van der Waals surface area contributed by atoms with Crippen LogP contribution in [0.25, 0.3) is 11.8 Å². The van der Waals surface area contributed by atoms with E-state index in [1.807, 2.05) is 42.5 Å². The molecule has 9 nitrogen and oxygen atoms in total. The monoisotopic (exact) mass is 674 g/mol. The predicted octanol–water partition coefficient (Wildman–Crippen LogP) is 5.24. The quantitative estimate of drug-likeness (QED) is 0.162. The second-order valence-corrected chi connectivity index (χ2v) is 12.0. The third-order valence-corrected chi connectivity index (χ3v) is 8.76. The number of furan rings is 1. The Morgan fingerprint density at radius 2 is 1.91 bits per heavy atom. The number of benzene rings is 2. The van der Waals surface area contributed by atoms with E-state index in [-0.39, 0.29) is 17.7 Å². The van der Waals surface area contributed by atoms with E-state index in [1.165, 1.54) is 27.7 Å². The van der Waals surface area contributed by atoms with Crippen molar-refractivity contribution in [1.82, 2.24) is 14.5 Å². The SMILES string of the molecule is CCOC(=O)C1=C(c2ccccc2)N=c2s/c(=C\c3ccc(Sc4ncccn4)o3)c(=O)n2[C@@H]1c1cc(Br)ccc1OC. The average molecular weight is 676 g/mol. The molecule has 3 aromatic heterocycles. The van der Waals surface area contributed by atoms with Gasteiger partial charge in [-0.3, -0.25) is 9.36 Å². The molecule has 0 bridgehead atoms. The van der Waals surface area contributed by atoms with Crippen molar-refractivity contribution in [2.75, 3.05) is 13.7 Å². The lowest BCUT2D eigenvalue weighted by atomic mass is 9.92. The van der Waals surface area contributed by atoms with Gasteiger partial charge in [-0.2, -0.15) is 0 Å². The molecule has 0 aliphatic carbocycles. The van der Waals surface area contributed by atoms with Crippen molar-refractivity contribution in [2.24, 2.45) is 4.99 Å². The van der Waals surface area contributed by atoms with E-state index >= 15 is 0 Å². The number of rotatable bonds is 8. The van der Waals surface area contributed by atoms with Gasteiger partial charge in [-0.05, 0) is 55.1 Å². The summed E-state index contributed by atoms with van der Waals surface area (Å²) in [5.74, 6) is 0.421. The highest BCUT2D eigenvalue weighted by Gasteiger charge is 2.36. The lowest BCUT2D eigenvalue weighted by Gasteiger charge is -2.27. The van der Waals surface area contributed by atoms with Crippen molar-refractivity contribution in [3.63, 3.8) is 0 Å². The number of hydrogen-bond acceptors (Lipinski definition) is 10. The highest BCUT2D eigenvalue weighted by molar-refractivity contribution is 9.10. The molecule has 0 spiro atoms. The first-order valence-corrected chi connectivity index (χ1v) is 15.6. The summed E-state index contributed by atoms with van der Waals surface area (Å²) in [4.78, 5) is 41.5. The van der Waals surface area contributed by atoms with Crippen molar-refractivity contribution < 1.29 is 18.7 Å². The highest BCUT2D eigenvalue weighted by atomic mass is 79.9. The Kier molecular flexibility index (Phi) is 8.41. The molecule has 0 radical (unpaired) electrons. The second-order valence-electron chi connectivity index (χ2n) is 9.11. The van der Waals surface area contributed by atoms with Gasteiger partial charge in [0.05, 0.1) is 29.5 Å². The van der Waals surface area contributed by atoms with Crippen LogP contribution in [0.2, 0.25) is 0 Å². The van der Waals surface area contributed by atoms with E-state index in [0.717, 1.165) is 10.0 Å². The van der Waals surface area contributed by atoms with Gasteiger partial charge < -0.3 is 13.9 Å². The number of carbonyl (C=O) groups is 1. The van der Waals surface area contributed by atoms with Crippen molar-refractivity contribution in [1.29, 1.82) is 0 Å². The first-order valence-electron chi connectivity index (χ1n) is 13.1. The normalized spacial score (nSPS) is 14.8. The van der Waals surface area contributed by atoms with E-state index in [9.17, 15) is 9.59 Å². The summed E-state index contributed by atoms with van der Waals surface area (Å²) in [6.45, 7) is 1.90. The topological polar surface area (TPSA) is 109 Å². The van der Waals surface area contributed by atoms with Gasteiger partial charge in [0.2, 0.25) is 0 Å². The molecule has 0 amide bonds. The molecular weight excluding hydrogens is 652 g/mol. The van der Waals surface area contributed by atoms with Crippen LogP contribution in [0, 0.1) is 0 Å². The smallest absolute Gasteiger partial charge is 0.338 e. The maximum atomic E-state index is 14.1. The largest absolute Gasteiger partial charge is 0.496 e. The molecule has 1 aliphatic rings. The Morgan fingerprint density at radius 1 is 1.12 bits per heavy atom. The molecule has 216 valence electrons. The van der Waals surface area contributed by atoms with Crippen LogP contribution in [0.15, 0.2) is 114 Å². The fourth-order valence-corrected chi connectivity index (χ4v) is 6.72. The van der Waals surface area contributed by atoms with Gasteiger partial charge in [-0.1, -0.05) is 57.6 Å². The molecule has 43 heavy (non-hydrogen) atoms. The molecule has 1 aliphatic heterocycles. The van der Waals surface area contributed by atoms with Gasteiger partial charge in [-0.15, -0.1) is 0 Å². The zero-order valence-electron chi connectivity index (χ0n) is 22.9. The molecule has 0 N–H and O–H groups in total. The molecule has 0 fully saturated rings. The van der Waals surface area contributed by atoms with Crippen molar-refractivity contribution in [3.8, 4) is 5.75 Å². The predicted molar refractivity (Wildman–Crippen MR) is 167 cm³/mol. The minimum atomic E-state index is -0.877. The summed E-state index contributed by atoms with van der Waals surface area (Å²) in [6.07, 6.45) is 4.99. The molecule has 5 aromatic rings. The van der Waals surface area contributed by atoms with E-state index in [2.05, 4.69) is 25.9 Å². The second kappa shape index (κ2) is 12.5. The van der Waals surface area contributed by atoms with Crippen LogP contribution >= 0.6 is 39.0 Å². The summed E-state index contributed by atoms with van der Waals surface area (Å²) >= 11 is 6.03. The minimum absolute atomic E-state index is 0.157. The lowest BCUT2D eigenvalue weighted by Crippen LogP contribution is -2.40. The Morgan fingerprint density at radius 3 is 2.65 bits per heavy atom. The number of thiazole rings is 1. The van der Waals surface area contributed by atoms with E-state index in [4.69, 9.17) is 18.9 Å². The number of esters is 1. The molecule has 0 saturated heterocycles. The molecule has 0 unspecified atom stereocenters. The molecule has 12 heteroatoms. The van der Waals surface area contributed by atoms with E-state index in [0.29, 0.717) is 42.4 Å². The number of fused-ring (bicyclic) bond motifs is 1. The van der Waals surface area contributed by atoms with Gasteiger partial charge in [0.25, 0.3) is 5.56 Å². The standard InChI is InChI=1S/C31H23BrN4O5S2/c1-3-40-29(38)25-26(18-8-5-4-6-9-18)35-31-36(27(25)21-16-19(32)10-12-22(21)39-2)28(37)23(42-31)17-20-11-13-24(41-20)43-30-33-14-7-15-34-30/h4-17,27H,3H2,1-2H3/b23-17-/t27-/m1/s1. The van der Waals surface area contributed by atoms with Crippen LogP contribution in [-0.2, 0) is 9.53 Å². The van der Waals surface area contributed by atoms with Gasteiger partial charge in [0.15, 0.2) is 15.1 Å². The van der Waals surface area contributed by atoms with Crippen LogP contribution in [0.5, 0.6) is 5.75 Å². The van der Waals surface area contributed by atoms with Crippen LogP contribution in [-0.4, -0.2) is 34.2 Å². The third kappa shape index (κ3) is 5.85. The number of nitrogens with zero attached hydrogens (tertiary/aromatic N) is 4. The van der Waals surface area contributed by atoms with Gasteiger partial charge in [0.1, 0.15) is 17.6 Å². The van der Waals surface area contributed by atoms with Gasteiger partial charge in [0, 0.05) is 34.1 Å². The van der Waals surface area contributed by atoms with Crippen LogP contribution in [0.1, 0.15) is 29.9 Å². The lowest BCUT2D eigenvalue weighted by molar-refractivity contribution is -0.138. The molecule has 4 heterocycles. The number of methoxy groups -OCH3 is 1. The highest BCUT2D eigenvalue weighted by Crippen LogP contribution is 2.39. The first-order chi connectivity index (χ1) is 21.0. The number of hydrogen-bond donors (Lipinski definition) is 0. The summed E-state index contributed by atoms with van der Waals surface area (Å²) in [6, 6.07) is 19.3. The number of halogens is 1. The third-order valence-electron chi connectivity index (χ3n) is 6.47. The Labute approximate surface area is 262 Å². The summed E-state index contributed by atoms with van der Waals surface area (Å²) < 4.78 is 19.9. The molecule has 2 aromatic carbocycles. The van der Waals surface area contributed by atoms with Crippen molar-refractivity contribution in [2.45, 2.75) is 23.2 Å². The molecular formula is C31H23BrN4O5S2. The van der Waals surface area contributed by atoms with Crippen LogP contribution in [0.4, 0.5) is 0 Å². The van der Waals surface area contributed by atoms with Crippen LogP contribution < -0.4 is 19.6 Å². The maximum Gasteiger partial charge on any atom is 0.338 e. The summed E-state index contributed by atoms with van der Waals surface area (Å²) in [7, 11) is 1.55. The summed E-state index contributed by atoms with van der Waals surface area (Å²) in [5.41, 5.74) is 1.66. The van der Waals surface area contributed by atoms with Crippen molar-refractivity contribution >= 4 is 56.8 Å². The Bertz CT molecular complexity index is 2020. The number of ether oxygens (including phenoxy) is 2. The first kappa shape index (κ1) is 28.8. The number of carbonyl (C=O) groups excluding carboxylic acids is 1. The minimum Gasteiger partial charge on any atom is -0.496 e. The Hall–Kier alpha value is -4.26. The number of aromatic nitrogens is 3. The zero-order chi connectivity index (χ0) is 29.9. The fourth-order valence-electron chi connectivity index (χ4n) is 4.68. The van der Waals surface area contributed by atoms with E-state index < -0.39 is 12.0 Å². The zero-order valence-corrected chi connectivity index (χ0v) is 26.1. The maximum absolute atomic E-state index is 14.1. The summed E-state index contributed by atoms with van der Waals surface area (Å²) in [5, 5.41) is 1.13. The molecule has 6 rings (SSSR count). The average Bonchev–Trinajstić information content (AvgIpc) is 3.60. The van der Waals surface area contributed by atoms with Gasteiger partial charge >= 0.3 is 5.97 Å². The van der Waals surface area contributed by atoms with Crippen molar-refractivity contribution in [3.05, 3.63) is 126 Å². The molecule has 1 atom stereocenters. The fraction of sp³-hybridized carbons (Fsp3) is 0.129. The molecule has 0 saturated carbocycles. The Balaban J connectivity index is 1.56.